The van der Waals surface area contributed by atoms with Gasteiger partial charge < -0.3 is 9.84 Å². The first-order chi connectivity index (χ1) is 14.2. The number of rotatable bonds is 10. The molecule has 0 heterocycles. The number of benzene rings is 1. The van der Waals surface area contributed by atoms with E-state index in [2.05, 4.69) is 38.1 Å². The van der Waals surface area contributed by atoms with Crippen molar-refractivity contribution < 1.29 is 9.84 Å². The molecule has 0 saturated heterocycles. The zero-order valence-electron chi connectivity index (χ0n) is 19.0. The second-order valence-corrected chi connectivity index (χ2v) is 9.79. The van der Waals surface area contributed by atoms with E-state index in [4.69, 9.17) is 4.74 Å². The summed E-state index contributed by atoms with van der Waals surface area (Å²) in [6, 6.07) is 8.88. The molecule has 0 aliphatic heterocycles. The molecule has 29 heavy (non-hydrogen) atoms. The van der Waals surface area contributed by atoms with Gasteiger partial charge in [0, 0.05) is 13.0 Å². The monoisotopic (exact) mass is 400 g/mol. The maximum Gasteiger partial charge on any atom is 0.119 e. The van der Waals surface area contributed by atoms with Crippen LogP contribution >= 0.6 is 0 Å². The molecule has 1 unspecified atom stereocenters. The Labute approximate surface area is 179 Å². The van der Waals surface area contributed by atoms with E-state index in [1.54, 1.807) is 0 Å². The molecular formula is C27H44O2. The second kappa shape index (κ2) is 12.0. The van der Waals surface area contributed by atoms with Crippen molar-refractivity contribution in [1.29, 1.82) is 0 Å². The predicted molar refractivity (Wildman–Crippen MR) is 123 cm³/mol. The standard InChI is InChI=1S/C27H44O2/c1-3-5-21-7-9-22(10-8-21)23-11-13-24(14-12-23)25-15-17-27(18-16-25)29-26(6-4-2)19-20-28/h15-18,21-24,26,28H,3-14,19-20H2,1-2H3. The van der Waals surface area contributed by atoms with Crippen LogP contribution in [0.4, 0.5) is 0 Å². The molecule has 1 atom stereocenters. The van der Waals surface area contributed by atoms with E-state index < -0.39 is 0 Å². The molecule has 164 valence electrons. The van der Waals surface area contributed by atoms with Crippen molar-refractivity contribution in [2.24, 2.45) is 17.8 Å². The first-order valence-electron chi connectivity index (χ1n) is 12.6. The summed E-state index contributed by atoms with van der Waals surface area (Å²) in [4.78, 5) is 0. The van der Waals surface area contributed by atoms with Crippen molar-refractivity contribution in [2.45, 2.75) is 109 Å². The van der Waals surface area contributed by atoms with Crippen molar-refractivity contribution in [3.63, 3.8) is 0 Å². The summed E-state index contributed by atoms with van der Waals surface area (Å²) in [5.41, 5.74) is 1.50. The molecule has 2 aliphatic carbocycles. The predicted octanol–water partition coefficient (Wildman–Crippen LogP) is 7.50. The van der Waals surface area contributed by atoms with Gasteiger partial charge in [-0.1, -0.05) is 58.1 Å². The molecule has 1 N–H and O–H groups in total. The van der Waals surface area contributed by atoms with Gasteiger partial charge in [0.05, 0.1) is 0 Å². The average Bonchev–Trinajstić information content (AvgIpc) is 2.76. The van der Waals surface area contributed by atoms with Gasteiger partial charge in [-0.05, 0) is 86.3 Å². The number of aliphatic hydroxyl groups is 1. The van der Waals surface area contributed by atoms with Gasteiger partial charge >= 0.3 is 0 Å². The first kappa shape index (κ1) is 22.7. The smallest absolute Gasteiger partial charge is 0.119 e. The lowest BCUT2D eigenvalue weighted by Gasteiger charge is -2.38. The molecule has 2 nitrogen and oxygen atoms in total. The van der Waals surface area contributed by atoms with Crippen LogP contribution in [0.5, 0.6) is 5.75 Å². The van der Waals surface area contributed by atoms with E-state index in [0.29, 0.717) is 0 Å². The van der Waals surface area contributed by atoms with Gasteiger partial charge in [-0.2, -0.15) is 0 Å². The Kier molecular flexibility index (Phi) is 9.36. The second-order valence-electron chi connectivity index (χ2n) is 9.79. The summed E-state index contributed by atoms with van der Waals surface area (Å²) in [5.74, 6) is 4.73. The van der Waals surface area contributed by atoms with Crippen LogP contribution in [0.2, 0.25) is 0 Å². The minimum Gasteiger partial charge on any atom is -0.490 e. The SMILES string of the molecule is CCCC1CCC(C2CCC(c3ccc(OC(CCC)CCO)cc3)CC2)CC1. The summed E-state index contributed by atoms with van der Waals surface area (Å²) in [7, 11) is 0. The van der Waals surface area contributed by atoms with E-state index in [-0.39, 0.29) is 12.7 Å². The van der Waals surface area contributed by atoms with E-state index in [0.717, 1.165) is 48.7 Å². The minimum atomic E-state index is 0.138. The van der Waals surface area contributed by atoms with Crippen molar-refractivity contribution in [3.05, 3.63) is 29.8 Å². The van der Waals surface area contributed by atoms with Gasteiger partial charge in [-0.15, -0.1) is 0 Å². The summed E-state index contributed by atoms with van der Waals surface area (Å²) in [6.45, 7) is 4.71. The van der Waals surface area contributed by atoms with Gasteiger partial charge in [0.25, 0.3) is 0 Å². The number of hydrogen-bond acceptors (Lipinski definition) is 2. The molecular weight excluding hydrogens is 356 g/mol. The van der Waals surface area contributed by atoms with Crippen molar-refractivity contribution >= 4 is 0 Å². The summed E-state index contributed by atoms with van der Waals surface area (Å²) >= 11 is 0. The molecule has 3 rings (SSSR count). The molecule has 1 aromatic rings. The van der Waals surface area contributed by atoms with Crippen molar-refractivity contribution in [3.8, 4) is 5.75 Å². The highest BCUT2D eigenvalue weighted by Gasteiger charge is 2.31. The van der Waals surface area contributed by atoms with E-state index >= 15 is 0 Å². The van der Waals surface area contributed by atoms with Gasteiger partial charge in [0.2, 0.25) is 0 Å². The van der Waals surface area contributed by atoms with E-state index in [1.165, 1.54) is 69.8 Å². The highest BCUT2D eigenvalue weighted by atomic mass is 16.5. The fourth-order valence-electron chi connectivity index (χ4n) is 6.02. The van der Waals surface area contributed by atoms with Crippen LogP contribution in [-0.4, -0.2) is 17.8 Å². The zero-order valence-corrected chi connectivity index (χ0v) is 19.0. The molecule has 0 bridgehead atoms. The van der Waals surface area contributed by atoms with Gasteiger partial charge in [0.1, 0.15) is 11.9 Å². The first-order valence-corrected chi connectivity index (χ1v) is 12.6. The van der Waals surface area contributed by atoms with Crippen LogP contribution in [-0.2, 0) is 0 Å². The summed E-state index contributed by atoms with van der Waals surface area (Å²) < 4.78 is 6.10. The van der Waals surface area contributed by atoms with Gasteiger partial charge in [-0.25, -0.2) is 0 Å². The lowest BCUT2D eigenvalue weighted by atomic mass is 9.68. The minimum absolute atomic E-state index is 0.138. The third-order valence-corrected chi connectivity index (χ3v) is 7.74. The molecule has 2 heteroatoms. The summed E-state index contributed by atoms with van der Waals surface area (Å²) in [5, 5.41) is 9.23. The fraction of sp³-hybridized carbons (Fsp3) is 0.778. The molecule has 0 radical (unpaired) electrons. The summed E-state index contributed by atoms with van der Waals surface area (Å²) in [6.07, 6.45) is 17.4. The molecule has 2 fully saturated rings. The average molecular weight is 401 g/mol. The third-order valence-electron chi connectivity index (χ3n) is 7.74. The van der Waals surface area contributed by atoms with Crippen LogP contribution < -0.4 is 4.74 Å². The largest absolute Gasteiger partial charge is 0.490 e. The van der Waals surface area contributed by atoms with E-state index in [1.807, 2.05) is 0 Å². The molecule has 1 aromatic carbocycles. The van der Waals surface area contributed by atoms with Crippen molar-refractivity contribution in [2.75, 3.05) is 6.61 Å². The molecule has 2 aliphatic rings. The van der Waals surface area contributed by atoms with Crippen LogP contribution in [0.25, 0.3) is 0 Å². The Hall–Kier alpha value is -1.02. The highest BCUT2D eigenvalue weighted by molar-refractivity contribution is 5.30. The Morgan fingerprint density at radius 1 is 0.828 bits per heavy atom. The van der Waals surface area contributed by atoms with E-state index in [9.17, 15) is 5.11 Å². The number of hydrogen-bond donors (Lipinski definition) is 1. The number of ether oxygens (including phenoxy) is 1. The van der Waals surface area contributed by atoms with Crippen LogP contribution in [0, 0.1) is 17.8 Å². The lowest BCUT2D eigenvalue weighted by Crippen LogP contribution is -2.25. The maximum atomic E-state index is 9.23. The topological polar surface area (TPSA) is 29.5 Å². The Balaban J connectivity index is 1.45. The molecule has 0 amide bonds. The Morgan fingerprint density at radius 3 is 2.00 bits per heavy atom. The lowest BCUT2D eigenvalue weighted by molar-refractivity contribution is 0.145. The van der Waals surface area contributed by atoms with Crippen molar-refractivity contribution in [1.82, 2.24) is 0 Å². The quantitative estimate of drug-likeness (QED) is 0.440. The van der Waals surface area contributed by atoms with Gasteiger partial charge in [0.15, 0.2) is 0 Å². The fourth-order valence-corrected chi connectivity index (χ4v) is 6.02. The Morgan fingerprint density at radius 2 is 1.45 bits per heavy atom. The Bertz CT molecular complexity index is 544. The highest BCUT2D eigenvalue weighted by Crippen LogP contribution is 2.44. The van der Waals surface area contributed by atoms with Crippen LogP contribution in [0.15, 0.2) is 24.3 Å². The maximum absolute atomic E-state index is 9.23. The molecule has 0 aromatic heterocycles. The normalized spacial score (nSPS) is 28.8. The zero-order chi connectivity index (χ0) is 20.5. The van der Waals surface area contributed by atoms with Crippen LogP contribution in [0.3, 0.4) is 0 Å². The van der Waals surface area contributed by atoms with Gasteiger partial charge in [-0.3, -0.25) is 0 Å². The third kappa shape index (κ3) is 6.74. The molecule has 0 spiro atoms. The molecule has 2 saturated carbocycles. The number of aliphatic hydroxyl groups excluding tert-OH is 1. The van der Waals surface area contributed by atoms with Crippen LogP contribution in [0.1, 0.15) is 109 Å².